The zero-order valence-corrected chi connectivity index (χ0v) is 18.9. The van der Waals surface area contributed by atoms with Gasteiger partial charge < -0.3 is 9.64 Å². The highest BCUT2D eigenvalue weighted by Gasteiger charge is 2.23. The number of benzene rings is 2. The molecule has 0 N–H and O–H groups in total. The molecule has 162 valence electrons. The largest absolute Gasteiger partial charge is 0.487 e. The maximum atomic E-state index is 13.9. The molecule has 7 heteroatoms. The van der Waals surface area contributed by atoms with Crippen LogP contribution in [-0.2, 0) is 13.2 Å². The lowest BCUT2D eigenvalue weighted by Crippen LogP contribution is -2.48. The summed E-state index contributed by atoms with van der Waals surface area (Å²) in [6.45, 7) is 5.65. The van der Waals surface area contributed by atoms with E-state index in [9.17, 15) is 9.18 Å². The summed E-state index contributed by atoms with van der Waals surface area (Å²) in [5.74, 6) is 0.503. The van der Waals surface area contributed by atoms with Crippen LogP contribution in [0.25, 0.3) is 0 Å². The molecule has 4 nitrogen and oxygen atoms in total. The minimum atomic E-state index is -0.179. The van der Waals surface area contributed by atoms with Crippen LogP contribution >= 0.6 is 22.9 Å². The summed E-state index contributed by atoms with van der Waals surface area (Å²) in [6.07, 6.45) is 0. The van der Waals surface area contributed by atoms with Gasteiger partial charge in [0.15, 0.2) is 0 Å². The molecule has 2 heterocycles. The van der Waals surface area contributed by atoms with Crippen LogP contribution in [-0.4, -0.2) is 41.9 Å². The molecular weight excluding hydrogens is 435 g/mol. The number of hydrogen-bond acceptors (Lipinski definition) is 4. The van der Waals surface area contributed by atoms with Gasteiger partial charge in [-0.25, -0.2) is 4.39 Å². The van der Waals surface area contributed by atoms with E-state index in [0.717, 1.165) is 24.2 Å². The van der Waals surface area contributed by atoms with Gasteiger partial charge in [0.2, 0.25) is 0 Å². The number of piperazine rings is 1. The smallest absolute Gasteiger partial charge is 0.264 e. The molecule has 1 saturated heterocycles. The number of rotatable bonds is 6. The van der Waals surface area contributed by atoms with Crippen LogP contribution in [0, 0.1) is 12.7 Å². The highest BCUT2D eigenvalue weighted by atomic mass is 35.5. The van der Waals surface area contributed by atoms with Crippen molar-refractivity contribution in [2.75, 3.05) is 26.2 Å². The molecule has 0 radical (unpaired) electrons. The van der Waals surface area contributed by atoms with Crippen molar-refractivity contribution in [1.29, 1.82) is 0 Å². The molecule has 2 aromatic carbocycles. The van der Waals surface area contributed by atoms with Crippen LogP contribution in [0.1, 0.15) is 26.4 Å². The van der Waals surface area contributed by atoms with E-state index >= 15 is 0 Å². The lowest BCUT2D eigenvalue weighted by molar-refractivity contribution is 0.0631. The van der Waals surface area contributed by atoms with E-state index in [-0.39, 0.29) is 11.7 Å². The molecule has 0 saturated carbocycles. The summed E-state index contributed by atoms with van der Waals surface area (Å²) in [7, 11) is 0. The second-order valence-electron chi connectivity index (χ2n) is 7.70. The Labute approximate surface area is 190 Å². The minimum Gasteiger partial charge on any atom is -0.487 e. The average Bonchev–Trinajstić information content (AvgIpc) is 3.25. The molecule has 1 fully saturated rings. The van der Waals surface area contributed by atoms with Crippen LogP contribution in [0.3, 0.4) is 0 Å². The topological polar surface area (TPSA) is 32.8 Å². The molecule has 0 aliphatic carbocycles. The van der Waals surface area contributed by atoms with Crippen molar-refractivity contribution in [2.24, 2.45) is 0 Å². The van der Waals surface area contributed by atoms with Crippen molar-refractivity contribution in [2.45, 2.75) is 20.1 Å². The first-order chi connectivity index (χ1) is 15.0. The maximum Gasteiger partial charge on any atom is 0.264 e. The first-order valence-electron chi connectivity index (χ1n) is 10.2. The Morgan fingerprint density at radius 2 is 1.90 bits per heavy atom. The van der Waals surface area contributed by atoms with Crippen molar-refractivity contribution in [3.8, 4) is 5.75 Å². The first kappa shape index (κ1) is 21.8. The fraction of sp³-hybridized carbons (Fsp3) is 0.292. The SMILES string of the molecule is Cc1ccc(Cl)c(OCc2csc(C(=O)N3CCN(Cc4ccccc4F)CC3)c2)c1. The van der Waals surface area contributed by atoms with Gasteiger partial charge >= 0.3 is 0 Å². The van der Waals surface area contributed by atoms with Crippen molar-refractivity contribution < 1.29 is 13.9 Å². The van der Waals surface area contributed by atoms with Crippen LogP contribution in [0.5, 0.6) is 5.75 Å². The summed E-state index contributed by atoms with van der Waals surface area (Å²) >= 11 is 7.61. The fourth-order valence-corrected chi connectivity index (χ4v) is 4.61. The van der Waals surface area contributed by atoms with E-state index in [4.69, 9.17) is 16.3 Å². The quantitative estimate of drug-likeness (QED) is 0.496. The Morgan fingerprint density at radius 1 is 1.13 bits per heavy atom. The van der Waals surface area contributed by atoms with Crippen LogP contribution in [0.2, 0.25) is 5.02 Å². The third-order valence-corrected chi connectivity index (χ3v) is 6.64. The Morgan fingerprint density at radius 3 is 2.68 bits per heavy atom. The van der Waals surface area contributed by atoms with Crippen molar-refractivity contribution >= 4 is 28.8 Å². The van der Waals surface area contributed by atoms with Gasteiger partial charge in [-0.2, -0.15) is 0 Å². The molecule has 0 atom stereocenters. The number of carbonyl (C=O) groups is 1. The fourth-order valence-electron chi connectivity index (χ4n) is 3.58. The Bertz CT molecular complexity index is 1060. The van der Waals surface area contributed by atoms with Crippen LogP contribution in [0.4, 0.5) is 4.39 Å². The molecule has 1 aromatic heterocycles. The van der Waals surface area contributed by atoms with E-state index < -0.39 is 0 Å². The zero-order valence-electron chi connectivity index (χ0n) is 17.3. The van der Waals surface area contributed by atoms with Gasteiger partial charge in [-0.1, -0.05) is 35.9 Å². The first-order valence-corrected chi connectivity index (χ1v) is 11.5. The summed E-state index contributed by atoms with van der Waals surface area (Å²) in [5, 5.41) is 2.52. The summed E-state index contributed by atoms with van der Waals surface area (Å²) < 4.78 is 19.7. The molecule has 0 unspecified atom stereocenters. The molecule has 0 spiro atoms. The van der Waals surface area contributed by atoms with E-state index in [1.165, 1.54) is 17.4 Å². The summed E-state index contributed by atoms with van der Waals surface area (Å²) in [4.78, 5) is 17.7. The van der Waals surface area contributed by atoms with Crippen LogP contribution < -0.4 is 4.74 Å². The average molecular weight is 459 g/mol. The van der Waals surface area contributed by atoms with Gasteiger partial charge in [0.25, 0.3) is 5.91 Å². The molecule has 1 amide bonds. The van der Waals surface area contributed by atoms with Gasteiger partial charge in [0, 0.05) is 43.9 Å². The molecule has 4 rings (SSSR count). The number of hydrogen-bond donors (Lipinski definition) is 0. The van der Waals surface area contributed by atoms with Gasteiger partial charge in [-0.3, -0.25) is 9.69 Å². The van der Waals surface area contributed by atoms with Crippen molar-refractivity contribution in [3.05, 3.63) is 86.3 Å². The third-order valence-electron chi connectivity index (χ3n) is 5.36. The molecule has 3 aromatic rings. The predicted molar refractivity (Wildman–Crippen MR) is 122 cm³/mol. The van der Waals surface area contributed by atoms with Gasteiger partial charge in [0.05, 0.1) is 9.90 Å². The lowest BCUT2D eigenvalue weighted by atomic mass is 10.2. The number of thiophene rings is 1. The van der Waals surface area contributed by atoms with E-state index in [1.807, 2.05) is 53.6 Å². The summed E-state index contributed by atoms with van der Waals surface area (Å²) in [6, 6.07) is 14.4. The van der Waals surface area contributed by atoms with Gasteiger partial charge in [-0.05, 0) is 42.1 Å². The maximum absolute atomic E-state index is 13.9. The van der Waals surface area contributed by atoms with Crippen LogP contribution in [0.15, 0.2) is 53.9 Å². The normalized spacial score (nSPS) is 14.6. The number of aryl methyl sites for hydroxylation is 1. The lowest BCUT2D eigenvalue weighted by Gasteiger charge is -2.34. The Balaban J connectivity index is 1.30. The summed E-state index contributed by atoms with van der Waals surface area (Å²) in [5.41, 5.74) is 2.72. The van der Waals surface area contributed by atoms with Crippen molar-refractivity contribution in [1.82, 2.24) is 9.80 Å². The molecule has 1 aliphatic rings. The Kier molecular flexibility index (Phi) is 6.90. The minimum absolute atomic E-state index is 0.0374. The molecule has 1 aliphatic heterocycles. The van der Waals surface area contributed by atoms with Gasteiger partial charge in [-0.15, -0.1) is 11.3 Å². The van der Waals surface area contributed by atoms with E-state index in [0.29, 0.717) is 47.5 Å². The monoisotopic (exact) mass is 458 g/mol. The third kappa shape index (κ3) is 5.45. The second-order valence-corrected chi connectivity index (χ2v) is 9.02. The number of carbonyl (C=O) groups excluding carboxylic acids is 1. The number of nitrogens with zero attached hydrogens (tertiary/aromatic N) is 2. The van der Waals surface area contributed by atoms with Gasteiger partial charge in [0.1, 0.15) is 18.2 Å². The number of amides is 1. The molecular formula is C24H24ClFN2O2S. The van der Waals surface area contributed by atoms with E-state index in [1.54, 1.807) is 6.07 Å². The highest BCUT2D eigenvalue weighted by Crippen LogP contribution is 2.27. The number of ether oxygens (including phenoxy) is 1. The van der Waals surface area contributed by atoms with E-state index in [2.05, 4.69) is 4.90 Å². The molecule has 31 heavy (non-hydrogen) atoms. The predicted octanol–water partition coefficient (Wildman–Crippen LogP) is 5.39. The standard InChI is InChI=1S/C24H24ClFN2O2S/c1-17-6-7-20(25)22(12-17)30-15-18-13-23(31-16-18)24(29)28-10-8-27(9-11-28)14-19-4-2-3-5-21(19)26/h2-7,12-13,16H,8-11,14-15H2,1H3. The number of halogens is 2. The second kappa shape index (κ2) is 9.81. The van der Waals surface area contributed by atoms with Crippen molar-refractivity contribution in [3.63, 3.8) is 0 Å². The Hall–Kier alpha value is -2.41. The highest BCUT2D eigenvalue weighted by molar-refractivity contribution is 7.12. The molecule has 0 bridgehead atoms. The zero-order chi connectivity index (χ0) is 21.8.